The molecule has 0 aliphatic heterocycles. The Morgan fingerprint density at radius 3 is 2.07 bits per heavy atom. The molecule has 0 aromatic heterocycles. The largest absolute Gasteiger partial charge is 0.508 e. The Hall–Kier alpha value is -3.19. The highest BCUT2D eigenvalue weighted by molar-refractivity contribution is 6.30. The van der Waals surface area contributed by atoms with Gasteiger partial charge in [-0.15, -0.1) is 0 Å². The summed E-state index contributed by atoms with van der Waals surface area (Å²) in [4.78, 5) is 49.7. The van der Waals surface area contributed by atoms with Gasteiger partial charge in [-0.1, -0.05) is 11.6 Å². The highest BCUT2D eigenvalue weighted by atomic mass is 35.5. The maximum atomic E-state index is 12.8. The number of hydrogen-bond acceptors (Lipinski definition) is 5. The van der Waals surface area contributed by atoms with Gasteiger partial charge in [0.1, 0.15) is 17.8 Å². The molecular weight excluding hydrogens is 384 g/mol. The minimum absolute atomic E-state index is 0.0481. The third-order valence-corrected chi connectivity index (χ3v) is 4.20. The second-order valence-electron chi connectivity index (χ2n) is 6.06. The smallest absolute Gasteiger partial charge is 0.261 e. The minimum atomic E-state index is -1.16. The van der Waals surface area contributed by atoms with Gasteiger partial charge in [-0.3, -0.25) is 24.1 Å². The molecule has 8 heteroatoms. The SMILES string of the molecule is CC(NC(=O)c1ccc(Cl)cc1)C(=O)N(C(=O)c1ccc(O)cc1)[C@H](C)[C]=O. The van der Waals surface area contributed by atoms with E-state index in [0.29, 0.717) is 5.02 Å². The number of nitrogens with one attached hydrogen (secondary N) is 1. The van der Waals surface area contributed by atoms with Crippen molar-refractivity contribution in [2.24, 2.45) is 0 Å². The van der Waals surface area contributed by atoms with Gasteiger partial charge in [0.25, 0.3) is 17.7 Å². The molecule has 145 valence electrons. The summed E-state index contributed by atoms with van der Waals surface area (Å²) in [6.07, 6.45) is 1.61. The van der Waals surface area contributed by atoms with Crippen molar-refractivity contribution in [3.8, 4) is 5.75 Å². The molecule has 28 heavy (non-hydrogen) atoms. The molecule has 2 atom stereocenters. The molecule has 0 saturated heterocycles. The van der Waals surface area contributed by atoms with Crippen molar-refractivity contribution < 1.29 is 24.3 Å². The number of imide groups is 1. The number of aromatic hydroxyl groups is 1. The lowest BCUT2D eigenvalue weighted by Crippen LogP contribution is -2.52. The third-order valence-electron chi connectivity index (χ3n) is 3.95. The first-order valence-electron chi connectivity index (χ1n) is 8.35. The fourth-order valence-electron chi connectivity index (χ4n) is 2.41. The van der Waals surface area contributed by atoms with Crippen LogP contribution in [0.15, 0.2) is 48.5 Å². The van der Waals surface area contributed by atoms with E-state index in [1.807, 2.05) is 0 Å². The number of benzene rings is 2. The Morgan fingerprint density at radius 2 is 1.54 bits per heavy atom. The average Bonchev–Trinajstić information content (AvgIpc) is 2.68. The lowest BCUT2D eigenvalue weighted by molar-refractivity contribution is -0.130. The van der Waals surface area contributed by atoms with Crippen LogP contribution in [0.5, 0.6) is 5.75 Å². The van der Waals surface area contributed by atoms with E-state index in [9.17, 15) is 24.3 Å². The van der Waals surface area contributed by atoms with Crippen molar-refractivity contribution in [2.75, 3.05) is 0 Å². The van der Waals surface area contributed by atoms with Crippen LogP contribution in [0.4, 0.5) is 0 Å². The molecule has 0 saturated carbocycles. The van der Waals surface area contributed by atoms with E-state index in [1.54, 1.807) is 6.29 Å². The predicted octanol–water partition coefficient (Wildman–Crippen LogP) is 2.33. The lowest BCUT2D eigenvalue weighted by Gasteiger charge is -2.27. The van der Waals surface area contributed by atoms with Crippen molar-refractivity contribution in [1.82, 2.24) is 10.2 Å². The first kappa shape index (κ1) is 21.1. The number of hydrogen-bond donors (Lipinski definition) is 2. The molecular formula is C20H18ClN2O5. The Bertz CT molecular complexity index is 880. The fourth-order valence-corrected chi connectivity index (χ4v) is 2.54. The minimum Gasteiger partial charge on any atom is -0.508 e. The zero-order chi connectivity index (χ0) is 20.8. The molecule has 3 amide bonds. The highest BCUT2D eigenvalue weighted by Crippen LogP contribution is 2.15. The molecule has 2 rings (SSSR count). The maximum absolute atomic E-state index is 12.8. The zero-order valence-electron chi connectivity index (χ0n) is 15.2. The summed E-state index contributed by atoms with van der Waals surface area (Å²) in [5, 5.41) is 12.3. The molecule has 0 heterocycles. The van der Waals surface area contributed by atoms with Crippen molar-refractivity contribution in [2.45, 2.75) is 25.9 Å². The fraction of sp³-hybridized carbons (Fsp3) is 0.200. The van der Waals surface area contributed by atoms with Gasteiger partial charge >= 0.3 is 0 Å². The zero-order valence-corrected chi connectivity index (χ0v) is 15.9. The summed E-state index contributed by atoms with van der Waals surface area (Å²) in [7, 11) is 0. The van der Waals surface area contributed by atoms with Crippen LogP contribution < -0.4 is 5.32 Å². The van der Waals surface area contributed by atoms with Crippen molar-refractivity contribution >= 4 is 35.6 Å². The average molecular weight is 402 g/mol. The summed E-state index contributed by atoms with van der Waals surface area (Å²) in [5.74, 6) is -2.09. The highest BCUT2D eigenvalue weighted by Gasteiger charge is 2.32. The number of nitrogens with zero attached hydrogens (tertiary/aromatic N) is 1. The van der Waals surface area contributed by atoms with Crippen LogP contribution >= 0.6 is 11.6 Å². The number of rotatable bonds is 6. The van der Waals surface area contributed by atoms with Gasteiger partial charge in [0, 0.05) is 16.1 Å². The summed E-state index contributed by atoms with van der Waals surface area (Å²) in [6.45, 7) is 2.75. The van der Waals surface area contributed by atoms with Gasteiger partial charge in [-0.2, -0.15) is 0 Å². The Balaban J connectivity index is 2.20. The van der Waals surface area contributed by atoms with E-state index in [2.05, 4.69) is 5.32 Å². The van der Waals surface area contributed by atoms with Crippen LogP contribution in [-0.4, -0.2) is 46.1 Å². The van der Waals surface area contributed by atoms with Crippen LogP contribution in [0.25, 0.3) is 0 Å². The predicted molar refractivity (Wildman–Crippen MR) is 103 cm³/mol. The number of halogens is 1. The molecule has 2 N–H and O–H groups in total. The van der Waals surface area contributed by atoms with E-state index in [0.717, 1.165) is 4.90 Å². The van der Waals surface area contributed by atoms with E-state index in [-0.39, 0.29) is 16.9 Å². The Kier molecular flexibility index (Phi) is 6.89. The van der Waals surface area contributed by atoms with E-state index in [4.69, 9.17) is 11.6 Å². The van der Waals surface area contributed by atoms with Crippen LogP contribution in [0.2, 0.25) is 5.02 Å². The van der Waals surface area contributed by atoms with Crippen LogP contribution in [0.1, 0.15) is 34.6 Å². The molecule has 2 aromatic rings. The first-order valence-corrected chi connectivity index (χ1v) is 8.73. The van der Waals surface area contributed by atoms with Crippen LogP contribution in [0.3, 0.4) is 0 Å². The molecule has 1 radical (unpaired) electrons. The first-order chi connectivity index (χ1) is 13.2. The van der Waals surface area contributed by atoms with Crippen molar-refractivity contribution in [3.63, 3.8) is 0 Å². The molecule has 1 unspecified atom stereocenters. The third kappa shape index (κ3) is 4.95. The van der Waals surface area contributed by atoms with Gasteiger partial charge < -0.3 is 10.4 Å². The normalized spacial score (nSPS) is 12.5. The number of carbonyl (C=O) groups is 3. The molecule has 0 aliphatic carbocycles. The summed E-state index contributed by atoms with van der Waals surface area (Å²) >= 11 is 5.79. The van der Waals surface area contributed by atoms with E-state index < -0.39 is 29.8 Å². The second kappa shape index (κ2) is 9.14. The molecule has 2 aromatic carbocycles. The number of phenolic OH excluding ortho intramolecular Hbond substituents is 1. The lowest BCUT2D eigenvalue weighted by atomic mass is 10.1. The van der Waals surface area contributed by atoms with Gasteiger partial charge in [-0.05, 0) is 62.4 Å². The van der Waals surface area contributed by atoms with Gasteiger partial charge in [0.05, 0.1) is 0 Å². The van der Waals surface area contributed by atoms with Gasteiger partial charge in [0.2, 0.25) is 6.29 Å². The molecule has 0 fully saturated rings. The summed E-state index contributed by atoms with van der Waals surface area (Å²) < 4.78 is 0. The van der Waals surface area contributed by atoms with Gasteiger partial charge in [-0.25, -0.2) is 0 Å². The number of phenols is 1. The Labute approximate surface area is 166 Å². The monoisotopic (exact) mass is 401 g/mol. The molecule has 0 spiro atoms. The van der Waals surface area contributed by atoms with Crippen LogP contribution in [-0.2, 0) is 9.59 Å². The van der Waals surface area contributed by atoms with Crippen LogP contribution in [0, 0.1) is 0 Å². The number of carbonyl (C=O) groups excluding carboxylic acids is 4. The quantitative estimate of drug-likeness (QED) is 0.773. The van der Waals surface area contributed by atoms with Crippen molar-refractivity contribution in [3.05, 3.63) is 64.7 Å². The Morgan fingerprint density at radius 1 is 1.00 bits per heavy atom. The summed E-state index contributed by atoms with van der Waals surface area (Å²) in [6, 6.07) is 9.04. The van der Waals surface area contributed by atoms with Gasteiger partial charge in [0.15, 0.2) is 0 Å². The standard InChI is InChI=1S/C20H18ClN2O5/c1-12(11-24)23(20(28)15-5-9-17(25)10-6-15)19(27)13(2)22-18(26)14-3-7-16(21)8-4-14/h3-10,12-13,25H,1-2H3,(H,22,26)/t12-,13?/m1/s1. The second-order valence-corrected chi connectivity index (χ2v) is 6.49. The van der Waals surface area contributed by atoms with Crippen molar-refractivity contribution in [1.29, 1.82) is 0 Å². The molecule has 7 nitrogen and oxygen atoms in total. The van der Waals surface area contributed by atoms with E-state index >= 15 is 0 Å². The van der Waals surface area contributed by atoms with E-state index in [1.165, 1.54) is 62.4 Å². The maximum Gasteiger partial charge on any atom is 0.261 e. The number of amides is 3. The molecule has 0 bridgehead atoms. The summed E-state index contributed by atoms with van der Waals surface area (Å²) in [5.41, 5.74) is 0.389. The topological polar surface area (TPSA) is 104 Å². The molecule has 0 aliphatic rings.